The largest absolute Gasteiger partial charge is 0.348 e. The van der Waals surface area contributed by atoms with Crippen molar-refractivity contribution in [3.8, 4) is 0 Å². The Kier molecular flexibility index (Phi) is 4.30. The lowest BCUT2D eigenvalue weighted by atomic mass is 9.91. The van der Waals surface area contributed by atoms with Crippen molar-refractivity contribution in [2.75, 3.05) is 0 Å². The summed E-state index contributed by atoms with van der Waals surface area (Å²) < 4.78 is 3.86. The maximum absolute atomic E-state index is 12.9. The van der Waals surface area contributed by atoms with Gasteiger partial charge in [0.1, 0.15) is 6.54 Å². The fourth-order valence-electron chi connectivity index (χ4n) is 4.77. The van der Waals surface area contributed by atoms with Gasteiger partial charge in [-0.3, -0.25) is 14.3 Å². The maximum atomic E-state index is 12.9. The third-order valence-corrected chi connectivity index (χ3v) is 6.30. The van der Waals surface area contributed by atoms with Gasteiger partial charge in [0, 0.05) is 46.9 Å². The van der Waals surface area contributed by atoms with Crippen LogP contribution in [0.4, 0.5) is 0 Å². The van der Waals surface area contributed by atoms with Gasteiger partial charge in [-0.25, -0.2) is 0 Å². The molecular formula is C23H26N4O2. The van der Waals surface area contributed by atoms with Crippen molar-refractivity contribution in [3.05, 3.63) is 53.0 Å². The lowest BCUT2D eigenvalue weighted by Gasteiger charge is -2.24. The number of aromatic nitrogens is 3. The summed E-state index contributed by atoms with van der Waals surface area (Å²) in [6.07, 6.45) is 6.81. The van der Waals surface area contributed by atoms with Gasteiger partial charge >= 0.3 is 0 Å². The first-order valence-corrected chi connectivity index (χ1v) is 10.5. The molecule has 1 aromatic carbocycles. The molecule has 0 spiro atoms. The molecule has 150 valence electrons. The number of rotatable bonds is 5. The van der Waals surface area contributed by atoms with Crippen LogP contribution in [0.3, 0.4) is 0 Å². The zero-order chi connectivity index (χ0) is 20.1. The predicted octanol–water partition coefficient (Wildman–Crippen LogP) is 3.47. The minimum atomic E-state index is -0.0303. The molecule has 6 nitrogen and oxygen atoms in total. The van der Waals surface area contributed by atoms with Gasteiger partial charge in [0.2, 0.25) is 5.91 Å². The number of nitrogens with zero attached hydrogens (tertiary/aromatic N) is 3. The molecule has 6 heteroatoms. The molecule has 1 saturated carbocycles. The normalized spacial score (nSPS) is 18.6. The minimum Gasteiger partial charge on any atom is -0.348 e. The number of hydrogen-bond acceptors (Lipinski definition) is 3. The first kappa shape index (κ1) is 18.2. The second kappa shape index (κ2) is 6.87. The molecule has 2 aromatic heterocycles. The number of fused-ring (bicyclic) bond motifs is 2. The van der Waals surface area contributed by atoms with E-state index in [0.29, 0.717) is 0 Å². The van der Waals surface area contributed by atoms with E-state index in [1.807, 2.05) is 53.7 Å². The summed E-state index contributed by atoms with van der Waals surface area (Å²) in [6.45, 7) is 2.22. The number of benzene rings is 1. The highest BCUT2D eigenvalue weighted by Gasteiger charge is 2.32. The van der Waals surface area contributed by atoms with Crippen LogP contribution in [0.15, 0.2) is 30.5 Å². The van der Waals surface area contributed by atoms with Gasteiger partial charge in [-0.15, -0.1) is 0 Å². The van der Waals surface area contributed by atoms with Crippen molar-refractivity contribution in [2.24, 2.45) is 13.0 Å². The van der Waals surface area contributed by atoms with Crippen molar-refractivity contribution < 1.29 is 9.59 Å². The standard InChI is InChI=1S/C23H26N4O2/c1-14-22-18(7-5-9-20(22)26(2)25-14)24-21(28)13-27-12-17(23(29)15-10-11-15)16-6-3-4-8-19(16)27/h3-4,6,8,12,15,18H,5,7,9-11,13H2,1-2H3,(H,24,28). The van der Waals surface area contributed by atoms with Gasteiger partial charge in [0.15, 0.2) is 5.78 Å². The van der Waals surface area contributed by atoms with E-state index in [0.717, 1.165) is 54.3 Å². The number of carbonyl (C=O) groups is 2. The molecule has 1 fully saturated rings. The molecule has 1 atom stereocenters. The summed E-state index contributed by atoms with van der Waals surface area (Å²) in [6, 6.07) is 7.87. The third kappa shape index (κ3) is 3.16. The molecule has 2 aliphatic rings. The first-order chi connectivity index (χ1) is 14.0. The Morgan fingerprint density at radius 3 is 2.79 bits per heavy atom. The van der Waals surface area contributed by atoms with Crippen molar-refractivity contribution in [2.45, 2.75) is 51.6 Å². The van der Waals surface area contributed by atoms with E-state index in [-0.39, 0.29) is 30.2 Å². The topological polar surface area (TPSA) is 68.9 Å². The van der Waals surface area contributed by atoms with Crippen LogP contribution < -0.4 is 5.32 Å². The molecule has 0 saturated heterocycles. The number of amides is 1. The lowest BCUT2D eigenvalue weighted by molar-refractivity contribution is -0.122. The van der Waals surface area contributed by atoms with Crippen LogP contribution in [0, 0.1) is 12.8 Å². The second-order valence-corrected chi connectivity index (χ2v) is 8.41. The van der Waals surface area contributed by atoms with Crippen LogP contribution in [0.25, 0.3) is 10.9 Å². The molecule has 0 aliphatic heterocycles. The zero-order valence-electron chi connectivity index (χ0n) is 16.9. The second-order valence-electron chi connectivity index (χ2n) is 8.41. The summed E-state index contributed by atoms with van der Waals surface area (Å²) in [5, 5.41) is 8.71. The predicted molar refractivity (Wildman–Crippen MR) is 111 cm³/mol. The Labute approximate surface area is 169 Å². The van der Waals surface area contributed by atoms with E-state index in [1.165, 1.54) is 11.3 Å². The van der Waals surface area contributed by atoms with E-state index in [4.69, 9.17) is 0 Å². The summed E-state index contributed by atoms with van der Waals surface area (Å²) in [5.74, 6) is 0.345. The van der Waals surface area contributed by atoms with E-state index < -0.39 is 0 Å². The van der Waals surface area contributed by atoms with Crippen LogP contribution in [0.5, 0.6) is 0 Å². The molecule has 0 radical (unpaired) electrons. The fourth-order valence-corrected chi connectivity index (χ4v) is 4.77. The zero-order valence-corrected chi connectivity index (χ0v) is 16.9. The Morgan fingerprint density at radius 2 is 2.00 bits per heavy atom. The van der Waals surface area contributed by atoms with Crippen LogP contribution in [0.1, 0.15) is 59.0 Å². The number of Topliss-reactive ketones (excluding diaryl/α,β-unsaturated/α-hetero) is 1. The lowest BCUT2D eigenvalue weighted by Crippen LogP contribution is -2.33. The highest BCUT2D eigenvalue weighted by atomic mass is 16.2. The molecule has 2 heterocycles. The van der Waals surface area contributed by atoms with Gasteiger partial charge in [-0.1, -0.05) is 18.2 Å². The van der Waals surface area contributed by atoms with E-state index >= 15 is 0 Å². The van der Waals surface area contributed by atoms with Gasteiger partial charge < -0.3 is 9.88 Å². The Morgan fingerprint density at radius 1 is 1.21 bits per heavy atom. The highest BCUT2D eigenvalue weighted by Crippen LogP contribution is 2.35. The van der Waals surface area contributed by atoms with Gasteiger partial charge in [-0.05, 0) is 45.1 Å². The van der Waals surface area contributed by atoms with Crippen LogP contribution in [-0.2, 0) is 24.8 Å². The van der Waals surface area contributed by atoms with Crippen LogP contribution in [-0.4, -0.2) is 26.0 Å². The quantitative estimate of drug-likeness (QED) is 0.678. The molecule has 3 aromatic rings. The molecule has 1 unspecified atom stereocenters. The highest BCUT2D eigenvalue weighted by molar-refractivity contribution is 6.10. The monoisotopic (exact) mass is 390 g/mol. The van der Waals surface area contributed by atoms with E-state index in [2.05, 4.69) is 10.4 Å². The molecule has 5 rings (SSSR count). The van der Waals surface area contributed by atoms with Crippen molar-refractivity contribution in [1.29, 1.82) is 0 Å². The van der Waals surface area contributed by atoms with Crippen molar-refractivity contribution in [1.82, 2.24) is 19.7 Å². The van der Waals surface area contributed by atoms with Crippen molar-refractivity contribution >= 4 is 22.6 Å². The molecule has 0 bridgehead atoms. The number of carbonyl (C=O) groups excluding carboxylic acids is 2. The summed E-state index contributed by atoms with van der Waals surface area (Å²) in [4.78, 5) is 25.6. The van der Waals surface area contributed by atoms with Gasteiger partial charge in [0.05, 0.1) is 11.7 Å². The number of nitrogens with one attached hydrogen (secondary N) is 1. The molecule has 2 aliphatic carbocycles. The number of para-hydroxylation sites is 1. The molecular weight excluding hydrogens is 364 g/mol. The fraction of sp³-hybridized carbons (Fsp3) is 0.435. The van der Waals surface area contributed by atoms with Gasteiger partial charge in [-0.2, -0.15) is 5.10 Å². The molecule has 1 amide bonds. The summed E-state index contributed by atoms with van der Waals surface area (Å²) in [7, 11) is 1.97. The SMILES string of the molecule is Cc1nn(C)c2c1C(NC(=O)Cn1cc(C(=O)C3CC3)c3ccccc31)CCC2. The number of hydrogen-bond donors (Lipinski definition) is 1. The smallest absolute Gasteiger partial charge is 0.240 e. The van der Waals surface area contributed by atoms with E-state index in [9.17, 15) is 9.59 Å². The maximum Gasteiger partial charge on any atom is 0.240 e. The Hall–Kier alpha value is -2.89. The third-order valence-electron chi connectivity index (χ3n) is 6.30. The first-order valence-electron chi connectivity index (χ1n) is 10.5. The van der Waals surface area contributed by atoms with Crippen LogP contribution >= 0.6 is 0 Å². The number of ketones is 1. The van der Waals surface area contributed by atoms with Gasteiger partial charge in [0.25, 0.3) is 0 Å². The number of aryl methyl sites for hydroxylation is 2. The Bertz CT molecular complexity index is 1120. The van der Waals surface area contributed by atoms with E-state index in [1.54, 1.807) is 0 Å². The van der Waals surface area contributed by atoms with Crippen molar-refractivity contribution in [3.63, 3.8) is 0 Å². The summed E-state index contributed by atoms with van der Waals surface area (Å²) in [5.41, 5.74) is 5.08. The summed E-state index contributed by atoms with van der Waals surface area (Å²) >= 11 is 0. The minimum absolute atomic E-state index is 0.00865. The molecule has 1 N–H and O–H groups in total. The average molecular weight is 390 g/mol. The van der Waals surface area contributed by atoms with Crippen LogP contribution in [0.2, 0.25) is 0 Å². The Balaban J connectivity index is 1.40. The average Bonchev–Trinajstić information content (AvgIpc) is 3.44. The molecule has 29 heavy (non-hydrogen) atoms.